The number of aryl methyl sites for hydroxylation is 1. The van der Waals surface area contributed by atoms with Crippen LogP contribution in [-0.4, -0.2) is 21.0 Å². The maximum atomic E-state index is 11.3. The van der Waals surface area contributed by atoms with Crippen molar-refractivity contribution in [3.63, 3.8) is 0 Å². The van der Waals surface area contributed by atoms with Gasteiger partial charge in [0, 0.05) is 12.5 Å². The van der Waals surface area contributed by atoms with Gasteiger partial charge in [0.25, 0.3) is 0 Å². The molecule has 1 saturated carbocycles. The van der Waals surface area contributed by atoms with Crippen LogP contribution in [0.25, 0.3) is 0 Å². The molecule has 1 aromatic heterocycles. The van der Waals surface area contributed by atoms with E-state index < -0.39 is 5.97 Å². The molecule has 5 nitrogen and oxygen atoms in total. The number of carbonyl (C=O) groups is 1. The highest BCUT2D eigenvalue weighted by atomic mass is 35.5. The molecule has 1 aromatic carbocycles. The van der Waals surface area contributed by atoms with Gasteiger partial charge < -0.3 is 10.4 Å². The summed E-state index contributed by atoms with van der Waals surface area (Å²) in [5.41, 5.74) is 2.13. The van der Waals surface area contributed by atoms with Crippen molar-refractivity contribution in [1.29, 1.82) is 0 Å². The molecule has 0 atom stereocenters. The number of hydrogen-bond donors (Lipinski definition) is 2. The second-order valence-corrected chi connectivity index (χ2v) is 5.89. The predicted molar refractivity (Wildman–Crippen MR) is 84.5 cm³/mol. The van der Waals surface area contributed by atoms with E-state index in [1.807, 2.05) is 31.2 Å². The van der Waals surface area contributed by atoms with Gasteiger partial charge in [-0.15, -0.1) is 0 Å². The number of nitrogens with one attached hydrogen (secondary N) is 1. The van der Waals surface area contributed by atoms with E-state index in [0.29, 0.717) is 18.2 Å². The van der Waals surface area contributed by atoms with Crippen molar-refractivity contribution in [3.05, 3.63) is 51.9 Å². The Morgan fingerprint density at radius 2 is 2.00 bits per heavy atom. The predicted octanol–water partition coefficient (Wildman–Crippen LogP) is 3.63. The fourth-order valence-electron chi connectivity index (χ4n) is 2.14. The zero-order valence-corrected chi connectivity index (χ0v) is 12.9. The molecule has 2 aromatic rings. The van der Waals surface area contributed by atoms with E-state index in [0.717, 1.165) is 18.4 Å². The third kappa shape index (κ3) is 3.20. The lowest BCUT2D eigenvalue weighted by Gasteiger charge is -2.11. The summed E-state index contributed by atoms with van der Waals surface area (Å²) in [6, 6.07) is 8.07. The van der Waals surface area contributed by atoms with Gasteiger partial charge >= 0.3 is 5.97 Å². The van der Waals surface area contributed by atoms with E-state index in [1.54, 1.807) is 0 Å². The first-order chi connectivity index (χ1) is 10.5. The lowest BCUT2D eigenvalue weighted by atomic mass is 10.1. The Bertz CT molecular complexity index is 712. The summed E-state index contributed by atoms with van der Waals surface area (Å²) >= 11 is 6.12. The number of aromatic carboxylic acids is 1. The van der Waals surface area contributed by atoms with Gasteiger partial charge in [0.15, 0.2) is 5.69 Å². The summed E-state index contributed by atoms with van der Waals surface area (Å²) in [7, 11) is 0. The fourth-order valence-corrected chi connectivity index (χ4v) is 2.37. The summed E-state index contributed by atoms with van der Waals surface area (Å²) < 4.78 is 0. The second kappa shape index (κ2) is 5.93. The van der Waals surface area contributed by atoms with Crippen LogP contribution in [0.1, 0.15) is 46.2 Å². The molecule has 0 spiro atoms. The van der Waals surface area contributed by atoms with Gasteiger partial charge in [0.05, 0.1) is 0 Å². The quantitative estimate of drug-likeness (QED) is 0.880. The average molecular weight is 318 g/mol. The van der Waals surface area contributed by atoms with Crippen molar-refractivity contribution in [3.8, 4) is 0 Å². The Labute approximate surface area is 133 Å². The molecule has 1 aliphatic rings. The molecule has 6 heteroatoms. The average Bonchev–Trinajstić information content (AvgIpc) is 3.32. The number of anilines is 1. The number of carboxylic acid groups (broad SMARTS) is 1. The number of aromatic nitrogens is 2. The normalized spacial score (nSPS) is 13.9. The van der Waals surface area contributed by atoms with Crippen LogP contribution < -0.4 is 5.32 Å². The van der Waals surface area contributed by atoms with Crippen LogP contribution >= 0.6 is 11.6 Å². The van der Waals surface area contributed by atoms with Crippen molar-refractivity contribution >= 4 is 23.4 Å². The minimum Gasteiger partial charge on any atom is -0.476 e. The Morgan fingerprint density at radius 1 is 1.32 bits per heavy atom. The second-order valence-electron chi connectivity index (χ2n) is 5.51. The van der Waals surface area contributed by atoms with Gasteiger partial charge in [-0.1, -0.05) is 41.4 Å². The molecule has 2 N–H and O–H groups in total. The molecule has 0 saturated heterocycles. The SMILES string of the molecule is Cc1ccc(CNc2nc(C3CC3)nc(C(=O)O)c2Cl)cc1. The van der Waals surface area contributed by atoms with Crippen molar-refractivity contribution < 1.29 is 9.90 Å². The smallest absolute Gasteiger partial charge is 0.356 e. The highest BCUT2D eigenvalue weighted by Gasteiger charge is 2.29. The van der Waals surface area contributed by atoms with Crippen LogP contribution in [0.4, 0.5) is 5.82 Å². The lowest BCUT2D eigenvalue weighted by Crippen LogP contribution is -2.11. The van der Waals surface area contributed by atoms with E-state index in [2.05, 4.69) is 15.3 Å². The van der Waals surface area contributed by atoms with Crippen molar-refractivity contribution in [1.82, 2.24) is 9.97 Å². The van der Waals surface area contributed by atoms with Crippen LogP contribution in [0.15, 0.2) is 24.3 Å². The Balaban J connectivity index is 1.85. The molecule has 1 fully saturated rings. The Hall–Kier alpha value is -2.14. The molecule has 3 rings (SSSR count). The van der Waals surface area contributed by atoms with Crippen molar-refractivity contribution in [2.75, 3.05) is 5.32 Å². The molecule has 0 radical (unpaired) electrons. The monoisotopic (exact) mass is 317 g/mol. The number of halogens is 1. The molecule has 0 bridgehead atoms. The van der Waals surface area contributed by atoms with Gasteiger partial charge in [0.1, 0.15) is 16.7 Å². The van der Waals surface area contributed by atoms with Gasteiger partial charge in [0.2, 0.25) is 0 Å². The van der Waals surface area contributed by atoms with Crippen LogP contribution in [0.3, 0.4) is 0 Å². The molecule has 114 valence electrons. The van der Waals surface area contributed by atoms with Crippen LogP contribution in [-0.2, 0) is 6.54 Å². The maximum absolute atomic E-state index is 11.3. The van der Waals surface area contributed by atoms with E-state index in [1.165, 1.54) is 5.56 Å². The number of nitrogens with zero attached hydrogens (tertiary/aromatic N) is 2. The third-order valence-corrected chi connectivity index (χ3v) is 3.95. The first-order valence-corrected chi connectivity index (χ1v) is 7.52. The first kappa shape index (κ1) is 14.8. The topological polar surface area (TPSA) is 75.1 Å². The lowest BCUT2D eigenvalue weighted by molar-refractivity contribution is 0.0690. The fraction of sp³-hybridized carbons (Fsp3) is 0.312. The molecule has 1 aliphatic carbocycles. The summed E-state index contributed by atoms with van der Waals surface area (Å²) in [5.74, 6) is 0.0766. The number of carboxylic acids is 1. The van der Waals surface area contributed by atoms with E-state index >= 15 is 0 Å². The van der Waals surface area contributed by atoms with Gasteiger partial charge in [-0.05, 0) is 25.3 Å². The molecular weight excluding hydrogens is 302 g/mol. The highest BCUT2D eigenvalue weighted by molar-refractivity contribution is 6.35. The number of hydrogen-bond acceptors (Lipinski definition) is 4. The number of benzene rings is 1. The maximum Gasteiger partial charge on any atom is 0.356 e. The van der Waals surface area contributed by atoms with Crippen LogP contribution in [0.2, 0.25) is 5.02 Å². The van der Waals surface area contributed by atoms with Gasteiger partial charge in [-0.2, -0.15) is 0 Å². The summed E-state index contributed by atoms with van der Waals surface area (Å²) in [6.45, 7) is 2.56. The Morgan fingerprint density at radius 3 is 2.59 bits per heavy atom. The van der Waals surface area contributed by atoms with Gasteiger partial charge in [-0.25, -0.2) is 14.8 Å². The highest BCUT2D eigenvalue weighted by Crippen LogP contribution is 2.39. The molecular formula is C16H16ClN3O2. The largest absolute Gasteiger partial charge is 0.476 e. The van der Waals surface area contributed by atoms with E-state index in [-0.39, 0.29) is 16.6 Å². The van der Waals surface area contributed by atoms with E-state index in [4.69, 9.17) is 11.6 Å². The molecule has 0 amide bonds. The summed E-state index contributed by atoms with van der Waals surface area (Å²) in [5, 5.41) is 12.4. The minimum atomic E-state index is -1.13. The van der Waals surface area contributed by atoms with Crippen molar-refractivity contribution in [2.24, 2.45) is 0 Å². The standard InChI is InChI=1S/C16H16ClN3O2/c1-9-2-4-10(5-3-9)8-18-15-12(17)13(16(21)22)19-14(20-15)11-6-7-11/h2-5,11H,6-8H2,1H3,(H,21,22)(H,18,19,20). The zero-order valence-electron chi connectivity index (χ0n) is 12.1. The number of rotatable bonds is 5. The molecule has 1 heterocycles. The Kier molecular flexibility index (Phi) is 3.98. The first-order valence-electron chi connectivity index (χ1n) is 7.14. The van der Waals surface area contributed by atoms with Crippen molar-refractivity contribution in [2.45, 2.75) is 32.2 Å². The van der Waals surface area contributed by atoms with Crippen LogP contribution in [0, 0.1) is 6.92 Å². The third-order valence-electron chi connectivity index (χ3n) is 3.59. The van der Waals surface area contributed by atoms with E-state index in [9.17, 15) is 9.90 Å². The minimum absolute atomic E-state index is 0.0593. The van der Waals surface area contributed by atoms with Crippen LogP contribution in [0.5, 0.6) is 0 Å². The van der Waals surface area contributed by atoms with Gasteiger partial charge in [-0.3, -0.25) is 0 Å². The summed E-state index contributed by atoms with van der Waals surface area (Å²) in [4.78, 5) is 19.7. The summed E-state index contributed by atoms with van der Waals surface area (Å²) in [6.07, 6.45) is 2.00. The zero-order chi connectivity index (χ0) is 15.7. The molecule has 22 heavy (non-hydrogen) atoms. The molecule has 0 unspecified atom stereocenters. The molecule has 0 aliphatic heterocycles.